The van der Waals surface area contributed by atoms with Crippen LogP contribution in [0.5, 0.6) is 0 Å². The van der Waals surface area contributed by atoms with Crippen LogP contribution < -0.4 is 5.32 Å². The second kappa shape index (κ2) is 6.49. The quantitative estimate of drug-likeness (QED) is 0.905. The molecule has 124 valence electrons. The van der Waals surface area contributed by atoms with E-state index in [0.717, 1.165) is 4.31 Å². The van der Waals surface area contributed by atoms with Gasteiger partial charge < -0.3 is 5.32 Å². The first kappa shape index (κ1) is 17.1. The first-order valence-corrected chi connectivity index (χ1v) is 8.51. The minimum atomic E-state index is -4.01. The lowest BCUT2D eigenvalue weighted by Crippen LogP contribution is -2.41. The Morgan fingerprint density at radius 2 is 1.96 bits per heavy atom. The molecule has 0 spiro atoms. The topological polar surface area (TPSA) is 78.8 Å². The van der Waals surface area contributed by atoms with Gasteiger partial charge in [-0.1, -0.05) is 6.92 Å². The van der Waals surface area contributed by atoms with Gasteiger partial charge in [-0.05, 0) is 43.7 Å². The lowest BCUT2D eigenvalue weighted by Gasteiger charge is -2.24. The van der Waals surface area contributed by atoms with Gasteiger partial charge in [-0.2, -0.15) is 8.42 Å². The van der Waals surface area contributed by atoms with Crippen LogP contribution in [0, 0.1) is 5.82 Å². The highest BCUT2D eigenvalue weighted by atomic mass is 32.2. The van der Waals surface area contributed by atoms with Crippen LogP contribution in [-0.2, 0) is 15.0 Å². The Kier molecular flexibility index (Phi) is 4.84. The van der Waals surface area contributed by atoms with Gasteiger partial charge in [0.25, 0.3) is 5.91 Å². The molecule has 1 aromatic carbocycles. The molecule has 0 radical (unpaired) electrons. The average molecular weight is 339 g/mol. The van der Waals surface area contributed by atoms with Gasteiger partial charge in [0.1, 0.15) is 11.5 Å². The third-order valence-electron chi connectivity index (χ3n) is 3.53. The Hall–Kier alpha value is -2.22. The van der Waals surface area contributed by atoms with E-state index in [4.69, 9.17) is 0 Å². The molecule has 1 atom stereocenters. The van der Waals surface area contributed by atoms with Gasteiger partial charge in [0, 0.05) is 18.7 Å². The second-order valence-electron chi connectivity index (χ2n) is 5.24. The number of carbonyl (C=O) groups excluding carboxylic acids is 1. The summed E-state index contributed by atoms with van der Waals surface area (Å²) in [5.74, 6) is -0.941. The highest BCUT2D eigenvalue weighted by Gasteiger charge is 2.30. The fraction of sp³-hybridized carbons (Fsp3) is 0.333. The van der Waals surface area contributed by atoms with Gasteiger partial charge in [-0.3, -0.25) is 4.79 Å². The highest BCUT2D eigenvalue weighted by molar-refractivity contribution is 7.88. The van der Waals surface area contributed by atoms with Crippen molar-refractivity contribution < 1.29 is 17.6 Å². The summed E-state index contributed by atoms with van der Waals surface area (Å²) < 4.78 is 41.8. The molecule has 0 aliphatic carbocycles. The number of halogens is 1. The summed E-state index contributed by atoms with van der Waals surface area (Å²) >= 11 is 0. The van der Waals surface area contributed by atoms with E-state index in [-0.39, 0.29) is 17.5 Å². The molecule has 1 N–H and O–H groups in total. The molecule has 0 fully saturated rings. The molecule has 0 saturated carbocycles. The molecule has 0 bridgehead atoms. The number of likely N-dealkylation sites (N-methyl/N-ethyl adjacent to an activating group) is 1. The maximum absolute atomic E-state index is 13.0. The zero-order valence-corrected chi connectivity index (χ0v) is 13.9. The molecule has 1 amide bonds. The van der Waals surface area contributed by atoms with Crippen LogP contribution in [0.25, 0.3) is 0 Å². The minimum absolute atomic E-state index is 0.0281. The summed E-state index contributed by atoms with van der Waals surface area (Å²) in [6.45, 7) is 3.73. The first-order chi connectivity index (χ1) is 10.7. The molecular formula is C15H18FN3O3S. The molecule has 0 saturated heterocycles. The number of hydrogen-bond acceptors (Lipinski definition) is 3. The van der Waals surface area contributed by atoms with E-state index in [2.05, 4.69) is 9.71 Å². The van der Waals surface area contributed by atoms with Crippen LogP contribution in [0.4, 0.5) is 4.39 Å². The summed E-state index contributed by atoms with van der Waals surface area (Å²) in [5, 5.41) is 2.72. The Morgan fingerprint density at radius 3 is 2.52 bits per heavy atom. The van der Waals surface area contributed by atoms with Crippen LogP contribution in [-0.4, -0.2) is 37.4 Å². The number of nitrogens with zero attached hydrogens (tertiary/aromatic N) is 2. The number of benzene rings is 1. The number of carbonyl (C=O) groups is 1. The average Bonchev–Trinajstić information content (AvgIpc) is 2.50. The van der Waals surface area contributed by atoms with E-state index in [0.29, 0.717) is 12.0 Å². The van der Waals surface area contributed by atoms with Crippen molar-refractivity contribution >= 4 is 21.8 Å². The second-order valence-corrected chi connectivity index (χ2v) is 6.87. The van der Waals surface area contributed by atoms with E-state index >= 15 is 0 Å². The zero-order valence-electron chi connectivity index (χ0n) is 13.1. The normalized spacial score (nSPS) is 18.0. The van der Waals surface area contributed by atoms with Crippen molar-refractivity contribution in [2.24, 2.45) is 4.40 Å². The van der Waals surface area contributed by atoms with Crippen molar-refractivity contribution in [2.45, 2.75) is 26.3 Å². The summed E-state index contributed by atoms with van der Waals surface area (Å²) in [7, 11) is -2.74. The van der Waals surface area contributed by atoms with Crippen molar-refractivity contribution in [3.63, 3.8) is 0 Å². The van der Waals surface area contributed by atoms with Crippen molar-refractivity contribution in [3.05, 3.63) is 47.4 Å². The Morgan fingerprint density at radius 1 is 1.35 bits per heavy atom. The van der Waals surface area contributed by atoms with Gasteiger partial charge in [0.05, 0.1) is 5.71 Å². The van der Waals surface area contributed by atoms with Gasteiger partial charge in [0.2, 0.25) is 0 Å². The van der Waals surface area contributed by atoms with Gasteiger partial charge in [0.15, 0.2) is 0 Å². The van der Waals surface area contributed by atoms with Crippen molar-refractivity contribution in [1.82, 2.24) is 9.62 Å². The standard InChI is InChI=1S/C15H18FN3O3S/c1-4-10(2)17-15(20)14-9-13(18-23(21,22)19(14)3)11-5-7-12(16)8-6-11/h5-10H,4H2,1-3H3,(H,17,20). The third-order valence-corrected chi connectivity index (χ3v) is 4.85. The predicted molar refractivity (Wildman–Crippen MR) is 85.6 cm³/mol. The molecule has 0 aromatic heterocycles. The SMILES string of the molecule is CCC(C)NC(=O)C1=CC(c2ccc(F)cc2)=NS(=O)(=O)N1C. The highest BCUT2D eigenvalue weighted by Crippen LogP contribution is 2.20. The molecular weight excluding hydrogens is 321 g/mol. The van der Waals surface area contributed by atoms with E-state index in [9.17, 15) is 17.6 Å². The zero-order chi connectivity index (χ0) is 17.2. The Bertz CT molecular complexity index is 770. The van der Waals surface area contributed by atoms with Crippen molar-refractivity contribution in [1.29, 1.82) is 0 Å². The minimum Gasteiger partial charge on any atom is -0.348 e. The molecule has 23 heavy (non-hydrogen) atoms. The summed E-state index contributed by atoms with van der Waals surface area (Å²) in [4.78, 5) is 12.3. The van der Waals surface area contributed by atoms with Crippen LogP contribution in [0.2, 0.25) is 0 Å². The predicted octanol–water partition coefficient (Wildman–Crippen LogP) is 1.60. The molecule has 1 aromatic rings. The van der Waals surface area contributed by atoms with Gasteiger partial charge in [-0.25, -0.2) is 8.70 Å². The van der Waals surface area contributed by atoms with Crippen LogP contribution in [0.15, 0.2) is 40.4 Å². The van der Waals surface area contributed by atoms with Crippen LogP contribution in [0.1, 0.15) is 25.8 Å². The molecule has 2 rings (SSSR count). The summed E-state index contributed by atoms with van der Waals surface area (Å²) in [5.41, 5.74) is 0.481. The van der Waals surface area contributed by atoms with Crippen molar-refractivity contribution in [2.75, 3.05) is 7.05 Å². The summed E-state index contributed by atoms with van der Waals surface area (Å²) in [6.07, 6.45) is 2.10. The molecule has 1 aliphatic heterocycles. The molecule has 6 nitrogen and oxygen atoms in total. The fourth-order valence-electron chi connectivity index (χ4n) is 1.92. The molecule has 1 unspecified atom stereocenters. The number of rotatable bonds is 4. The Labute approximate surface area is 134 Å². The lowest BCUT2D eigenvalue weighted by atomic mass is 10.1. The number of allylic oxidation sites excluding steroid dienone is 1. The van der Waals surface area contributed by atoms with E-state index in [1.165, 1.54) is 37.4 Å². The summed E-state index contributed by atoms with van der Waals surface area (Å²) in [6, 6.07) is 5.14. The van der Waals surface area contributed by atoms with Gasteiger partial charge >= 0.3 is 10.2 Å². The molecule has 1 aliphatic rings. The lowest BCUT2D eigenvalue weighted by molar-refractivity contribution is -0.119. The van der Waals surface area contributed by atoms with Gasteiger partial charge in [-0.15, -0.1) is 4.40 Å². The smallest absolute Gasteiger partial charge is 0.345 e. The maximum atomic E-state index is 13.0. The third kappa shape index (κ3) is 3.76. The van der Waals surface area contributed by atoms with E-state index < -0.39 is 21.9 Å². The van der Waals surface area contributed by atoms with E-state index in [1.807, 2.05) is 13.8 Å². The van der Waals surface area contributed by atoms with Crippen molar-refractivity contribution in [3.8, 4) is 0 Å². The maximum Gasteiger partial charge on any atom is 0.345 e. The number of hydrogen-bond donors (Lipinski definition) is 1. The monoisotopic (exact) mass is 339 g/mol. The first-order valence-electron chi connectivity index (χ1n) is 7.12. The van der Waals surface area contributed by atoms with Crippen LogP contribution >= 0.6 is 0 Å². The molecule has 8 heteroatoms. The van der Waals surface area contributed by atoms with E-state index in [1.54, 1.807) is 0 Å². The number of amides is 1. The fourth-order valence-corrected chi connectivity index (χ4v) is 2.83. The van der Waals surface area contributed by atoms with Crippen LogP contribution in [0.3, 0.4) is 0 Å². The number of nitrogens with one attached hydrogen (secondary N) is 1. The largest absolute Gasteiger partial charge is 0.348 e. The Balaban J connectivity index is 2.43. The molecule has 1 heterocycles.